The smallest absolute Gasteiger partial charge is 0.357 e. The standard InChI is InChI=1S/C22H20N4O5S3.C22H18N4O4S2.C2H6/c27-14-31-11-19-22(33-13-23-19)24-18(10-15-6-8-17(9-7-15)26-34(28,29)30)20-12-32-21(25-20)16-4-2-1-3-5-16;27-14-30-11-19-22(32-13-23-19)24-18(10-15-6-8-17(9-7-15)26(28)29)20-12-31-21(25-20)16-4-2-1-3-5-16;1-2/h1-9,12-14,18,24,26H,10-11H2,(H,28,29,30);1-9,12-14,18,24H,10-11H2;1-2H3/t2*18-;/m00./s1. The Labute approximate surface area is 408 Å². The maximum Gasteiger partial charge on any atom is 0.357 e. The summed E-state index contributed by atoms with van der Waals surface area (Å²) in [6.07, 6.45) is 1.10. The van der Waals surface area contributed by atoms with E-state index in [-0.39, 0.29) is 36.7 Å². The normalized spacial score (nSPS) is 11.6. The average molecular weight is 1010 g/mol. The molecule has 22 heteroatoms. The van der Waals surface area contributed by atoms with Crippen LogP contribution in [0.15, 0.2) is 131 Å². The van der Waals surface area contributed by atoms with Gasteiger partial charge >= 0.3 is 10.3 Å². The van der Waals surface area contributed by atoms with Crippen molar-refractivity contribution >= 4 is 90.0 Å². The van der Waals surface area contributed by atoms with Crippen molar-refractivity contribution in [1.82, 2.24) is 19.9 Å². The molecule has 0 saturated heterocycles. The summed E-state index contributed by atoms with van der Waals surface area (Å²) in [5.41, 5.74) is 10.5. The van der Waals surface area contributed by atoms with Crippen LogP contribution in [0.1, 0.15) is 59.8 Å². The predicted octanol–water partition coefficient (Wildman–Crippen LogP) is 10.8. The van der Waals surface area contributed by atoms with Crippen LogP contribution in [0.5, 0.6) is 0 Å². The van der Waals surface area contributed by atoms with E-state index in [1.165, 1.54) is 34.8 Å². The maximum absolute atomic E-state index is 11.0. The molecule has 4 aromatic heterocycles. The SMILES string of the molecule is CC.O=COCc1ncsc1N[C@@H](Cc1ccc(NS(=O)(=O)O)cc1)c1csc(-c2ccccc2)n1.O=COCc1ncsc1N[C@@H](Cc1ccc([N+](=O)[O-])cc1)c1csc(-c2ccccc2)n1. The Hall–Kier alpha value is -6.95. The lowest BCUT2D eigenvalue weighted by Gasteiger charge is -2.18. The molecule has 17 nitrogen and oxygen atoms in total. The lowest BCUT2D eigenvalue weighted by molar-refractivity contribution is -0.384. The Morgan fingerprint density at radius 1 is 0.662 bits per heavy atom. The van der Waals surface area contributed by atoms with Crippen LogP contribution in [0, 0.1) is 10.1 Å². The van der Waals surface area contributed by atoms with Gasteiger partial charge < -0.3 is 20.1 Å². The van der Waals surface area contributed by atoms with Crippen LogP contribution in [0.2, 0.25) is 0 Å². The Morgan fingerprint density at radius 3 is 1.49 bits per heavy atom. The van der Waals surface area contributed by atoms with E-state index in [0.29, 0.717) is 37.2 Å². The lowest BCUT2D eigenvalue weighted by Crippen LogP contribution is -2.15. The monoisotopic (exact) mass is 1010 g/mol. The number of nitrogens with one attached hydrogen (secondary N) is 3. The molecule has 0 bridgehead atoms. The molecule has 2 atom stereocenters. The lowest BCUT2D eigenvalue weighted by atomic mass is 10.0. The first-order valence-electron chi connectivity index (χ1n) is 20.6. The van der Waals surface area contributed by atoms with Crippen LogP contribution >= 0.6 is 45.3 Å². The predicted molar refractivity (Wildman–Crippen MR) is 267 cm³/mol. The third-order valence-electron chi connectivity index (χ3n) is 9.50. The summed E-state index contributed by atoms with van der Waals surface area (Å²) >= 11 is 5.91. The Kier molecular flexibility index (Phi) is 18.7. The van der Waals surface area contributed by atoms with E-state index in [2.05, 4.69) is 20.6 Å². The molecule has 0 unspecified atom stereocenters. The minimum Gasteiger partial charge on any atom is -0.461 e. The summed E-state index contributed by atoms with van der Waals surface area (Å²) < 4.78 is 42.8. The number of ether oxygens (including phenoxy) is 2. The molecule has 4 N–H and O–H groups in total. The van der Waals surface area contributed by atoms with E-state index in [9.17, 15) is 28.1 Å². The number of benzene rings is 4. The van der Waals surface area contributed by atoms with Crippen molar-refractivity contribution < 1.29 is 37.0 Å². The van der Waals surface area contributed by atoms with Crippen molar-refractivity contribution in [1.29, 1.82) is 0 Å². The fourth-order valence-corrected chi connectivity index (χ4v) is 10.1. The van der Waals surface area contributed by atoms with Crippen molar-refractivity contribution in [3.05, 3.63) is 175 Å². The van der Waals surface area contributed by atoms with Crippen molar-refractivity contribution in [3.63, 3.8) is 0 Å². The Morgan fingerprint density at radius 2 is 1.09 bits per heavy atom. The second-order valence-electron chi connectivity index (χ2n) is 14.0. The number of thiazole rings is 4. The minimum atomic E-state index is -4.34. The maximum atomic E-state index is 11.0. The second kappa shape index (κ2) is 25.3. The molecule has 4 aromatic carbocycles. The van der Waals surface area contributed by atoms with Gasteiger partial charge in [-0.1, -0.05) is 98.8 Å². The molecule has 0 aliphatic rings. The number of rotatable bonds is 21. The second-order valence-corrected chi connectivity index (χ2v) is 18.5. The number of hydrogen-bond acceptors (Lipinski definition) is 18. The quantitative estimate of drug-likeness (QED) is 0.0227. The molecule has 0 aliphatic heterocycles. The molecule has 0 aliphatic carbocycles. The van der Waals surface area contributed by atoms with Crippen LogP contribution in [0.3, 0.4) is 0 Å². The minimum absolute atomic E-state index is 0.0500. The number of hydrogen-bond donors (Lipinski definition) is 4. The van der Waals surface area contributed by atoms with E-state index >= 15 is 0 Å². The molecule has 352 valence electrons. The van der Waals surface area contributed by atoms with E-state index < -0.39 is 15.2 Å². The van der Waals surface area contributed by atoms with Crippen LogP contribution in [-0.4, -0.2) is 50.8 Å². The van der Waals surface area contributed by atoms with Crippen molar-refractivity contribution in [2.75, 3.05) is 15.4 Å². The van der Waals surface area contributed by atoms with Gasteiger partial charge in [-0.05, 0) is 36.1 Å². The Bertz CT molecular complexity index is 2930. The number of nitro benzene ring substituents is 1. The molecule has 0 amide bonds. The van der Waals surface area contributed by atoms with Crippen LogP contribution in [0.4, 0.5) is 21.4 Å². The van der Waals surface area contributed by atoms with Crippen LogP contribution < -0.4 is 15.4 Å². The fourth-order valence-electron chi connectivity index (χ4n) is 6.38. The number of non-ortho nitro benzene ring substituents is 1. The number of anilines is 3. The van der Waals surface area contributed by atoms with E-state index in [1.807, 2.05) is 90.0 Å². The summed E-state index contributed by atoms with van der Waals surface area (Å²) in [5.74, 6) is 0. The van der Waals surface area contributed by atoms with Gasteiger partial charge in [0.1, 0.15) is 44.6 Å². The van der Waals surface area contributed by atoms with Crippen LogP contribution in [0.25, 0.3) is 21.1 Å². The zero-order valence-electron chi connectivity index (χ0n) is 36.3. The molecule has 8 rings (SSSR count). The van der Waals surface area contributed by atoms with Crippen molar-refractivity contribution in [2.24, 2.45) is 0 Å². The van der Waals surface area contributed by atoms with Crippen molar-refractivity contribution in [3.8, 4) is 21.1 Å². The first kappa shape index (κ1) is 50.5. The highest BCUT2D eigenvalue weighted by Crippen LogP contribution is 2.34. The molecule has 0 spiro atoms. The third-order valence-corrected chi connectivity index (χ3v) is 13.4. The molecule has 68 heavy (non-hydrogen) atoms. The molecular formula is C46H44N8O9S5. The molecule has 8 aromatic rings. The number of carbonyl (C=O) groups is 2. The summed E-state index contributed by atoms with van der Waals surface area (Å²) in [4.78, 5) is 50.0. The van der Waals surface area contributed by atoms with Gasteiger partial charge in [-0.2, -0.15) is 8.42 Å². The van der Waals surface area contributed by atoms with Gasteiger partial charge in [-0.3, -0.25) is 29.0 Å². The van der Waals surface area contributed by atoms with Gasteiger partial charge in [-0.15, -0.1) is 45.3 Å². The van der Waals surface area contributed by atoms with Gasteiger partial charge in [0.15, 0.2) is 0 Å². The summed E-state index contributed by atoms with van der Waals surface area (Å²) in [6, 6.07) is 32.6. The fraction of sp³-hybridized carbons (Fsp3) is 0.174. The zero-order chi connectivity index (χ0) is 48.3. The molecule has 0 saturated carbocycles. The number of aromatic nitrogens is 4. The highest BCUT2D eigenvalue weighted by atomic mass is 32.2. The first-order valence-corrected chi connectivity index (χ1v) is 25.6. The highest BCUT2D eigenvalue weighted by Gasteiger charge is 2.22. The Balaban J connectivity index is 0.000000216. The highest BCUT2D eigenvalue weighted by molar-refractivity contribution is 7.87. The third kappa shape index (κ3) is 14.8. The number of nitro groups is 1. The van der Waals surface area contributed by atoms with Crippen LogP contribution in [-0.2, 0) is 55.4 Å². The number of carbonyl (C=O) groups excluding carboxylic acids is 2. The zero-order valence-corrected chi connectivity index (χ0v) is 40.4. The molecule has 0 fully saturated rings. The summed E-state index contributed by atoms with van der Waals surface area (Å²) in [7, 11) is -4.34. The van der Waals surface area contributed by atoms with Gasteiger partial charge in [0.05, 0.1) is 45.1 Å². The molecule has 4 heterocycles. The topological polar surface area (TPSA) is 238 Å². The van der Waals surface area contributed by atoms with Gasteiger partial charge in [0, 0.05) is 34.0 Å². The average Bonchev–Trinajstić information content (AvgIpc) is 4.21. The first-order chi connectivity index (χ1) is 33.0. The largest absolute Gasteiger partial charge is 0.461 e. The van der Waals surface area contributed by atoms with E-state index in [0.717, 1.165) is 53.7 Å². The summed E-state index contributed by atoms with van der Waals surface area (Å²) in [5, 5.41) is 25.3. The summed E-state index contributed by atoms with van der Waals surface area (Å²) in [6.45, 7) is 4.91. The van der Waals surface area contributed by atoms with Gasteiger partial charge in [0.2, 0.25) is 0 Å². The van der Waals surface area contributed by atoms with Crippen molar-refractivity contribution in [2.45, 2.75) is 52.0 Å². The number of nitrogens with zero attached hydrogens (tertiary/aromatic N) is 5. The van der Waals surface area contributed by atoms with E-state index in [4.69, 9.17) is 24.0 Å². The van der Waals surface area contributed by atoms with E-state index in [1.54, 1.807) is 70.1 Å². The molecular weight excluding hydrogens is 969 g/mol. The molecule has 0 radical (unpaired) electrons. The van der Waals surface area contributed by atoms with Gasteiger partial charge in [0.25, 0.3) is 18.6 Å². The van der Waals surface area contributed by atoms with Gasteiger partial charge in [-0.25, -0.2) is 19.9 Å².